The summed E-state index contributed by atoms with van der Waals surface area (Å²) in [6.45, 7) is 7.16. The molecule has 1 aliphatic heterocycles. The highest BCUT2D eigenvalue weighted by Gasteiger charge is 2.36. The number of aromatic nitrogens is 2. The van der Waals surface area contributed by atoms with Crippen molar-refractivity contribution in [3.8, 4) is 0 Å². The molecule has 1 aliphatic rings. The molecule has 18 heavy (non-hydrogen) atoms. The summed E-state index contributed by atoms with van der Waals surface area (Å²) >= 11 is 0. The maximum atomic E-state index is 4.45. The minimum absolute atomic E-state index is 0.178. The fourth-order valence-electron chi connectivity index (χ4n) is 2.99. The Morgan fingerprint density at radius 1 is 1.39 bits per heavy atom. The van der Waals surface area contributed by atoms with Crippen molar-refractivity contribution in [2.24, 2.45) is 7.05 Å². The zero-order chi connectivity index (χ0) is 13.2. The normalized spacial score (nSPS) is 19.3. The zero-order valence-corrected chi connectivity index (χ0v) is 12.1. The number of nitrogens with one attached hydrogen (secondary N) is 1. The lowest BCUT2D eigenvalue weighted by molar-refractivity contribution is 0.109. The molecule has 0 spiro atoms. The first-order valence-electron chi connectivity index (χ1n) is 6.94. The average molecular weight is 250 g/mol. The Morgan fingerprint density at radius 3 is 2.56 bits per heavy atom. The van der Waals surface area contributed by atoms with Gasteiger partial charge in [0.2, 0.25) is 0 Å². The van der Waals surface area contributed by atoms with Crippen LogP contribution in [-0.4, -0.2) is 46.2 Å². The van der Waals surface area contributed by atoms with Gasteiger partial charge in [-0.25, -0.2) is 4.98 Å². The van der Waals surface area contributed by atoms with Crippen molar-refractivity contribution in [3.63, 3.8) is 0 Å². The van der Waals surface area contributed by atoms with Gasteiger partial charge in [0.05, 0.1) is 0 Å². The van der Waals surface area contributed by atoms with Crippen molar-refractivity contribution >= 4 is 0 Å². The lowest BCUT2D eigenvalue weighted by atomic mass is 9.90. The quantitative estimate of drug-likeness (QED) is 0.858. The van der Waals surface area contributed by atoms with Crippen LogP contribution in [0.4, 0.5) is 0 Å². The van der Waals surface area contributed by atoms with Crippen LogP contribution < -0.4 is 5.32 Å². The lowest BCUT2D eigenvalue weighted by Gasteiger charge is -2.42. The van der Waals surface area contributed by atoms with Crippen LogP contribution in [0.2, 0.25) is 0 Å². The van der Waals surface area contributed by atoms with Crippen LogP contribution in [-0.2, 0) is 13.5 Å². The molecule has 0 amide bonds. The predicted molar refractivity (Wildman–Crippen MR) is 74.6 cm³/mol. The number of likely N-dealkylation sites (tertiary alicyclic amines) is 1. The summed E-state index contributed by atoms with van der Waals surface area (Å²) in [5.41, 5.74) is 0.178. The molecule has 2 rings (SSSR count). The number of nitrogens with zero attached hydrogens (tertiary/aromatic N) is 3. The molecule has 0 radical (unpaired) electrons. The van der Waals surface area contributed by atoms with E-state index in [9.17, 15) is 0 Å². The van der Waals surface area contributed by atoms with E-state index in [2.05, 4.69) is 47.7 Å². The molecular weight excluding hydrogens is 224 g/mol. The van der Waals surface area contributed by atoms with E-state index in [1.54, 1.807) is 0 Å². The topological polar surface area (TPSA) is 33.1 Å². The maximum Gasteiger partial charge on any atom is 0.109 e. The molecule has 1 aromatic heterocycles. The van der Waals surface area contributed by atoms with Gasteiger partial charge in [-0.2, -0.15) is 0 Å². The third-order valence-electron chi connectivity index (χ3n) is 4.43. The minimum atomic E-state index is 0.178. The molecule has 1 fully saturated rings. The summed E-state index contributed by atoms with van der Waals surface area (Å²) in [4.78, 5) is 7.06. The largest absolute Gasteiger partial charge is 0.338 e. The summed E-state index contributed by atoms with van der Waals surface area (Å²) in [5, 5.41) is 3.49. The van der Waals surface area contributed by atoms with Crippen molar-refractivity contribution in [3.05, 3.63) is 18.2 Å². The van der Waals surface area contributed by atoms with Gasteiger partial charge in [0, 0.05) is 37.4 Å². The molecule has 102 valence electrons. The second-order valence-corrected chi connectivity index (χ2v) is 5.85. The molecule has 2 heterocycles. The Hall–Kier alpha value is -0.870. The van der Waals surface area contributed by atoms with E-state index >= 15 is 0 Å². The van der Waals surface area contributed by atoms with Gasteiger partial charge >= 0.3 is 0 Å². The molecule has 1 saturated heterocycles. The number of hydrogen-bond donors (Lipinski definition) is 1. The van der Waals surface area contributed by atoms with Gasteiger partial charge in [0.25, 0.3) is 0 Å². The Bertz CT molecular complexity index is 377. The molecule has 1 aromatic rings. The van der Waals surface area contributed by atoms with E-state index in [0.29, 0.717) is 6.04 Å². The van der Waals surface area contributed by atoms with Gasteiger partial charge in [-0.1, -0.05) is 0 Å². The predicted octanol–water partition coefficient (Wildman–Crippen LogP) is 1.42. The highest BCUT2D eigenvalue weighted by Crippen LogP contribution is 2.25. The second-order valence-electron chi connectivity index (χ2n) is 5.85. The van der Waals surface area contributed by atoms with Crippen molar-refractivity contribution in [2.45, 2.75) is 44.7 Å². The maximum absolute atomic E-state index is 4.45. The van der Waals surface area contributed by atoms with Gasteiger partial charge in [-0.15, -0.1) is 0 Å². The highest BCUT2D eigenvalue weighted by molar-refractivity contribution is 5.02. The summed E-state index contributed by atoms with van der Waals surface area (Å²) in [5.74, 6) is 1.15. The van der Waals surface area contributed by atoms with Gasteiger partial charge in [0.15, 0.2) is 0 Å². The summed E-state index contributed by atoms with van der Waals surface area (Å²) in [7, 11) is 4.13. The van der Waals surface area contributed by atoms with E-state index in [-0.39, 0.29) is 5.54 Å². The van der Waals surface area contributed by atoms with Crippen molar-refractivity contribution < 1.29 is 0 Å². The Labute approximate surface area is 110 Å². The molecule has 1 N–H and O–H groups in total. The standard InChI is InChI=1S/C14H26N4/c1-14(2,18-8-5-6-9-18)12(15-3)11-13-16-7-10-17(13)4/h7,10,12,15H,5-6,8-9,11H2,1-4H3. The summed E-state index contributed by atoms with van der Waals surface area (Å²) < 4.78 is 2.12. The monoisotopic (exact) mass is 250 g/mol. The smallest absolute Gasteiger partial charge is 0.109 e. The molecule has 0 aromatic carbocycles. The van der Waals surface area contributed by atoms with Gasteiger partial charge in [-0.3, -0.25) is 4.90 Å². The lowest BCUT2D eigenvalue weighted by Crippen LogP contribution is -2.57. The number of likely N-dealkylation sites (N-methyl/N-ethyl adjacent to an activating group) is 1. The van der Waals surface area contributed by atoms with E-state index in [1.807, 2.05) is 12.4 Å². The third-order valence-corrected chi connectivity index (χ3v) is 4.43. The Morgan fingerprint density at radius 2 is 2.06 bits per heavy atom. The first-order valence-corrected chi connectivity index (χ1v) is 6.94. The molecule has 0 aliphatic carbocycles. The average Bonchev–Trinajstić information content (AvgIpc) is 2.97. The fourth-order valence-corrected chi connectivity index (χ4v) is 2.99. The molecule has 0 saturated carbocycles. The highest BCUT2D eigenvalue weighted by atomic mass is 15.2. The van der Waals surface area contributed by atoms with Crippen molar-refractivity contribution in [1.29, 1.82) is 0 Å². The van der Waals surface area contributed by atoms with Gasteiger partial charge in [-0.05, 0) is 46.8 Å². The number of aryl methyl sites for hydroxylation is 1. The summed E-state index contributed by atoms with van der Waals surface area (Å²) in [6.07, 6.45) is 7.55. The van der Waals surface area contributed by atoms with Crippen LogP contribution in [0.25, 0.3) is 0 Å². The van der Waals surface area contributed by atoms with Crippen LogP contribution in [0, 0.1) is 0 Å². The van der Waals surface area contributed by atoms with Gasteiger partial charge in [0.1, 0.15) is 5.82 Å². The Kier molecular flexibility index (Phi) is 4.07. The number of hydrogen-bond acceptors (Lipinski definition) is 3. The van der Waals surface area contributed by atoms with E-state index in [4.69, 9.17) is 0 Å². The first kappa shape index (κ1) is 13.6. The SMILES string of the molecule is CNC(Cc1nccn1C)C(C)(C)N1CCCC1. The molecule has 4 nitrogen and oxygen atoms in total. The van der Waals surface area contributed by atoms with E-state index in [0.717, 1.165) is 12.2 Å². The molecule has 1 unspecified atom stereocenters. The van der Waals surface area contributed by atoms with Crippen LogP contribution in [0.5, 0.6) is 0 Å². The van der Waals surface area contributed by atoms with Crippen molar-refractivity contribution in [1.82, 2.24) is 19.8 Å². The van der Waals surface area contributed by atoms with Gasteiger partial charge < -0.3 is 9.88 Å². The van der Waals surface area contributed by atoms with Crippen LogP contribution in [0.1, 0.15) is 32.5 Å². The number of rotatable bonds is 5. The van der Waals surface area contributed by atoms with Crippen LogP contribution in [0.15, 0.2) is 12.4 Å². The zero-order valence-electron chi connectivity index (χ0n) is 12.1. The fraction of sp³-hybridized carbons (Fsp3) is 0.786. The van der Waals surface area contributed by atoms with Crippen LogP contribution in [0.3, 0.4) is 0 Å². The minimum Gasteiger partial charge on any atom is -0.338 e. The van der Waals surface area contributed by atoms with Crippen molar-refractivity contribution in [2.75, 3.05) is 20.1 Å². The van der Waals surface area contributed by atoms with Crippen LogP contribution >= 0.6 is 0 Å². The second kappa shape index (κ2) is 5.41. The summed E-state index contributed by atoms with van der Waals surface area (Å²) in [6, 6.07) is 0.428. The van der Waals surface area contributed by atoms with E-state index < -0.39 is 0 Å². The third kappa shape index (κ3) is 2.59. The molecular formula is C14H26N4. The number of imidazole rings is 1. The molecule has 0 bridgehead atoms. The Balaban J connectivity index is 2.09. The first-order chi connectivity index (χ1) is 8.55. The molecule has 1 atom stereocenters. The molecule has 4 heteroatoms. The van der Waals surface area contributed by atoms with E-state index in [1.165, 1.54) is 25.9 Å².